The first-order valence-electron chi connectivity index (χ1n) is 14.5. The zero-order valence-electron chi connectivity index (χ0n) is 24.3. The molecule has 8 rings (SSSR count). The van der Waals surface area contributed by atoms with E-state index in [-0.39, 0.29) is 34.9 Å². The highest BCUT2D eigenvalue weighted by molar-refractivity contribution is 6.01. The maximum atomic E-state index is 13.6. The Balaban J connectivity index is 1.29. The van der Waals surface area contributed by atoms with Gasteiger partial charge in [-0.25, -0.2) is 20.0 Å². The van der Waals surface area contributed by atoms with Gasteiger partial charge >= 0.3 is 12.4 Å². The summed E-state index contributed by atoms with van der Waals surface area (Å²) >= 11 is 0. The van der Waals surface area contributed by atoms with Crippen molar-refractivity contribution in [2.45, 2.75) is 23.7 Å². The third kappa shape index (κ3) is 4.75. The smallest absolute Gasteiger partial charge is 0.325 e. The number of aromatic nitrogens is 4. The first-order valence-corrected chi connectivity index (χ1v) is 14.5. The number of benzene rings is 4. The fraction of sp³-hybridized carbons (Fsp3) is 0.125. The van der Waals surface area contributed by atoms with Gasteiger partial charge in [0.25, 0.3) is 0 Å². The van der Waals surface area contributed by atoms with Crippen LogP contribution < -0.4 is 21.3 Å². The van der Waals surface area contributed by atoms with Gasteiger partial charge in [-0.1, -0.05) is 48.5 Å². The van der Waals surface area contributed by atoms with Crippen molar-refractivity contribution < 1.29 is 26.3 Å². The molecule has 2 aromatic heterocycles. The molecule has 2 aliphatic heterocycles. The number of hydrogen-bond acceptors (Lipinski definition) is 8. The average Bonchev–Trinajstić information content (AvgIpc) is 3.79. The summed E-state index contributed by atoms with van der Waals surface area (Å²) in [5.74, 6) is 0.759. The first kappa shape index (κ1) is 29.3. The number of para-hydroxylation sites is 4. The molecule has 0 bridgehead atoms. The minimum atomic E-state index is -4.61. The molecule has 10 nitrogen and oxygen atoms in total. The Morgan fingerprint density at radius 3 is 1.35 bits per heavy atom. The highest BCUT2D eigenvalue weighted by atomic mass is 19.4. The van der Waals surface area contributed by atoms with E-state index in [2.05, 4.69) is 41.2 Å². The van der Waals surface area contributed by atoms with E-state index in [1.165, 1.54) is 24.3 Å². The van der Waals surface area contributed by atoms with E-state index in [0.29, 0.717) is 11.0 Å². The third-order valence-electron chi connectivity index (χ3n) is 8.19. The second-order valence-electron chi connectivity index (χ2n) is 11.2. The van der Waals surface area contributed by atoms with E-state index < -0.39 is 34.8 Å². The number of nitrogens with one attached hydrogen (secondary N) is 6. The van der Waals surface area contributed by atoms with Gasteiger partial charge in [0.1, 0.15) is 0 Å². The number of aromatic amines is 2. The molecule has 0 saturated heterocycles. The Morgan fingerprint density at radius 2 is 0.938 bits per heavy atom. The molecule has 48 heavy (non-hydrogen) atoms. The molecule has 0 aliphatic carbocycles. The van der Waals surface area contributed by atoms with E-state index in [1.54, 1.807) is 12.1 Å². The Bertz CT molecular complexity index is 2070. The lowest BCUT2D eigenvalue weighted by atomic mass is 9.82. The maximum Gasteiger partial charge on any atom is 0.416 e. The van der Waals surface area contributed by atoms with Gasteiger partial charge in [0.2, 0.25) is 29.5 Å². The Labute approximate surface area is 266 Å². The van der Waals surface area contributed by atoms with Gasteiger partial charge in [0, 0.05) is 11.1 Å². The fourth-order valence-corrected chi connectivity index (χ4v) is 5.99. The van der Waals surface area contributed by atoms with Crippen molar-refractivity contribution in [2.24, 2.45) is 9.98 Å². The summed E-state index contributed by atoms with van der Waals surface area (Å²) in [7, 11) is 0. The third-order valence-corrected chi connectivity index (χ3v) is 8.19. The summed E-state index contributed by atoms with van der Waals surface area (Å²) in [4.78, 5) is 25.0. The van der Waals surface area contributed by atoms with Crippen LogP contribution in [0.15, 0.2) is 107 Å². The normalized spacial score (nSPS) is 20.6. The van der Waals surface area contributed by atoms with Crippen molar-refractivity contribution in [3.05, 3.63) is 119 Å². The number of imidazole rings is 2. The molecule has 6 aromatic rings. The van der Waals surface area contributed by atoms with E-state index in [1.807, 2.05) is 36.4 Å². The SMILES string of the molecule is FC(F)(F)c1ccc(C23N=C(Nc4nc5ccccc5[nH]4)NC2(c2ccc(C(F)(F)F)cc2)NC(Nc2nc4ccccc4[nH]2)=N3)cc1. The van der Waals surface area contributed by atoms with E-state index in [9.17, 15) is 26.3 Å². The van der Waals surface area contributed by atoms with Crippen LogP contribution in [0.2, 0.25) is 0 Å². The number of guanidine groups is 2. The maximum absolute atomic E-state index is 13.6. The van der Waals surface area contributed by atoms with Crippen molar-refractivity contribution in [2.75, 3.05) is 10.6 Å². The van der Waals surface area contributed by atoms with Gasteiger partial charge in [-0.05, 0) is 48.5 Å². The molecule has 0 fully saturated rings. The van der Waals surface area contributed by atoms with Gasteiger partial charge in [-0.3, -0.25) is 10.6 Å². The summed E-state index contributed by atoms with van der Waals surface area (Å²) in [6.45, 7) is 0. The number of rotatable bonds is 4. The summed E-state index contributed by atoms with van der Waals surface area (Å²) in [5.41, 5.74) is -2.01. The molecular weight excluding hydrogens is 638 g/mol. The van der Waals surface area contributed by atoms with E-state index in [4.69, 9.17) is 9.98 Å². The molecule has 2 aliphatic rings. The number of halogens is 6. The summed E-state index contributed by atoms with van der Waals surface area (Å²) in [6, 6.07) is 23.2. The topological polar surface area (TPSA) is 130 Å². The number of aliphatic imine (C=N–C) groups is 2. The van der Waals surface area contributed by atoms with Crippen LogP contribution in [0.25, 0.3) is 22.1 Å². The number of fused-ring (bicyclic) bond motifs is 3. The molecule has 4 aromatic carbocycles. The van der Waals surface area contributed by atoms with Crippen LogP contribution in [-0.4, -0.2) is 31.9 Å². The largest absolute Gasteiger partial charge is 0.416 e. The van der Waals surface area contributed by atoms with Crippen LogP contribution in [0.3, 0.4) is 0 Å². The van der Waals surface area contributed by atoms with Crippen LogP contribution in [0, 0.1) is 0 Å². The highest BCUT2D eigenvalue weighted by Crippen LogP contribution is 2.50. The van der Waals surface area contributed by atoms with Crippen LogP contribution in [-0.2, 0) is 23.7 Å². The van der Waals surface area contributed by atoms with E-state index in [0.717, 1.165) is 35.3 Å². The van der Waals surface area contributed by atoms with Gasteiger partial charge in [-0.2, -0.15) is 26.3 Å². The summed E-state index contributed by atoms with van der Waals surface area (Å²) in [5, 5.41) is 12.6. The molecule has 0 spiro atoms. The lowest BCUT2D eigenvalue weighted by molar-refractivity contribution is -0.138. The lowest BCUT2D eigenvalue weighted by Crippen LogP contribution is -2.60. The van der Waals surface area contributed by atoms with Gasteiger partial charge in [0.05, 0.1) is 33.2 Å². The summed E-state index contributed by atoms with van der Waals surface area (Å²) in [6.07, 6.45) is -9.22. The number of anilines is 2. The van der Waals surface area contributed by atoms with Gasteiger partial charge < -0.3 is 20.6 Å². The number of nitrogens with zero attached hydrogens (tertiary/aromatic N) is 4. The highest BCUT2D eigenvalue weighted by Gasteiger charge is 2.64. The van der Waals surface area contributed by atoms with Crippen LogP contribution in [0.4, 0.5) is 38.2 Å². The minimum absolute atomic E-state index is 0.0906. The predicted octanol–water partition coefficient (Wildman–Crippen LogP) is 6.63. The Morgan fingerprint density at radius 1 is 0.521 bits per heavy atom. The number of alkyl halides is 6. The van der Waals surface area contributed by atoms with Crippen LogP contribution >= 0.6 is 0 Å². The molecule has 0 amide bonds. The second-order valence-corrected chi connectivity index (χ2v) is 11.2. The van der Waals surface area contributed by atoms with Crippen molar-refractivity contribution in [3.8, 4) is 0 Å². The molecule has 6 N–H and O–H groups in total. The monoisotopic (exact) mass is 660 g/mol. The molecule has 4 heterocycles. The lowest BCUT2D eigenvalue weighted by Gasteiger charge is -2.37. The fourth-order valence-electron chi connectivity index (χ4n) is 5.99. The Hall–Kier alpha value is -6.06. The molecule has 242 valence electrons. The standard InChI is InChI=1S/C32H22F6N10/c33-31(34,35)19-13-9-17(10-14-19)29-30(18-11-15-20(16-12-18)32(36,37)38,46-27(45-29)43-25-39-21-5-1-2-6-22(21)40-25)48-28(47-29)44-26-41-23-7-3-4-8-24(23)42-26/h1-16H,(H3,39,40,43,45,46)(H3,41,42,44,47,48). The first-order chi connectivity index (χ1) is 22.9. The number of hydrogen-bond donors (Lipinski definition) is 6. The molecule has 0 atom stereocenters. The van der Waals surface area contributed by atoms with Crippen molar-refractivity contribution in [1.29, 1.82) is 0 Å². The summed E-state index contributed by atoms with van der Waals surface area (Å²) < 4.78 is 81.7. The van der Waals surface area contributed by atoms with Crippen LogP contribution in [0.1, 0.15) is 22.3 Å². The van der Waals surface area contributed by atoms with Gasteiger partial charge in [0.15, 0.2) is 5.66 Å². The van der Waals surface area contributed by atoms with Crippen LogP contribution in [0.5, 0.6) is 0 Å². The van der Waals surface area contributed by atoms with E-state index >= 15 is 0 Å². The average molecular weight is 661 g/mol. The van der Waals surface area contributed by atoms with Crippen molar-refractivity contribution >= 4 is 45.9 Å². The molecule has 0 unspecified atom stereocenters. The minimum Gasteiger partial charge on any atom is -0.325 e. The van der Waals surface area contributed by atoms with Gasteiger partial charge in [-0.15, -0.1) is 0 Å². The quantitative estimate of drug-likeness (QED) is 0.118. The molecular formula is C32H22F6N10. The van der Waals surface area contributed by atoms with Crippen molar-refractivity contribution in [3.63, 3.8) is 0 Å². The Kier molecular flexibility index (Phi) is 6.25. The van der Waals surface area contributed by atoms with Crippen molar-refractivity contribution in [1.82, 2.24) is 30.6 Å². The molecule has 16 heteroatoms. The predicted molar refractivity (Wildman–Crippen MR) is 167 cm³/mol. The molecule has 0 saturated carbocycles. The zero-order valence-corrected chi connectivity index (χ0v) is 24.3. The zero-order chi connectivity index (χ0) is 33.3. The molecule has 0 radical (unpaired) electrons. The number of H-pyrrole nitrogens is 2. The second kappa shape index (κ2) is 10.2.